The highest BCUT2D eigenvalue weighted by atomic mass is 16.5. The van der Waals surface area contributed by atoms with Gasteiger partial charge in [0.1, 0.15) is 11.5 Å². The first-order valence-corrected chi connectivity index (χ1v) is 5.76. The molecule has 16 heavy (non-hydrogen) atoms. The summed E-state index contributed by atoms with van der Waals surface area (Å²) in [5.74, 6) is 2.06. The average Bonchev–Trinajstić information content (AvgIpc) is 2.61. The van der Waals surface area contributed by atoms with Gasteiger partial charge >= 0.3 is 5.97 Å². The minimum atomic E-state index is -0.157. The van der Waals surface area contributed by atoms with E-state index >= 15 is 0 Å². The lowest BCUT2D eigenvalue weighted by Gasteiger charge is -2.17. The molecule has 90 valence electrons. The first-order chi connectivity index (χ1) is 7.54. The molecular formula is C13H20O3. The van der Waals surface area contributed by atoms with E-state index in [2.05, 4.69) is 13.8 Å². The molecule has 0 aliphatic carbocycles. The molecule has 0 bridgehead atoms. The molecule has 3 nitrogen and oxygen atoms in total. The van der Waals surface area contributed by atoms with E-state index in [0.717, 1.165) is 11.5 Å². The summed E-state index contributed by atoms with van der Waals surface area (Å²) >= 11 is 0. The highest BCUT2D eigenvalue weighted by Gasteiger charge is 2.23. The van der Waals surface area contributed by atoms with E-state index < -0.39 is 0 Å². The summed E-state index contributed by atoms with van der Waals surface area (Å²) in [6.07, 6.45) is 0.387. The van der Waals surface area contributed by atoms with Gasteiger partial charge in [-0.15, -0.1) is 0 Å². The Balaban J connectivity index is 2.72. The average molecular weight is 224 g/mol. The maximum atomic E-state index is 11.5. The number of ether oxygens (including phenoxy) is 1. The highest BCUT2D eigenvalue weighted by Crippen LogP contribution is 2.29. The van der Waals surface area contributed by atoms with Gasteiger partial charge in [0.05, 0.1) is 13.0 Å². The van der Waals surface area contributed by atoms with Gasteiger partial charge in [0.15, 0.2) is 0 Å². The predicted molar refractivity (Wildman–Crippen MR) is 62.3 cm³/mol. The van der Waals surface area contributed by atoms with Crippen LogP contribution in [-0.4, -0.2) is 12.6 Å². The zero-order valence-electron chi connectivity index (χ0n) is 10.4. The van der Waals surface area contributed by atoms with E-state index in [1.807, 2.05) is 26.0 Å². The first kappa shape index (κ1) is 12.8. The zero-order chi connectivity index (χ0) is 12.1. The summed E-state index contributed by atoms with van der Waals surface area (Å²) in [5, 5.41) is 0. The van der Waals surface area contributed by atoms with Crippen LogP contribution in [0.3, 0.4) is 0 Å². The number of hydrogen-bond acceptors (Lipinski definition) is 3. The lowest BCUT2D eigenvalue weighted by molar-refractivity contribution is -0.143. The molecule has 0 amide bonds. The van der Waals surface area contributed by atoms with Crippen LogP contribution in [0.4, 0.5) is 0 Å². The fourth-order valence-electron chi connectivity index (χ4n) is 1.72. The second-order valence-electron chi connectivity index (χ2n) is 4.31. The van der Waals surface area contributed by atoms with Crippen molar-refractivity contribution in [3.8, 4) is 0 Å². The van der Waals surface area contributed by atoms with Crippen molar-refractivity contribution in [3.05, 3.63) is 23.7 Å². The van der Waals surface area contributed by atoms with Crippen LogP contribution < -0.4 is 0 Å². The Morgan fingerprint density at radius 3 is 2.56 bits per heavy atom. The van der Waals surface area contributed by atoms with Crippen LogP contribution >= 0.6 is 0 Å². The second kappa shape index (κ2) is 5.73. The van der Waals surface area contributed by atoms with Crippen molar-refractivity contribution < 1.29 is 13.9 Å². The summed E-state index contributed by atoms with van der Waals surface area (Å²) in [6, 6.07) is 3.87. The van der Waals surface area contributed by atoms with Crippen molar-refractivity contribution >= 4 is 5.97 Å². The Kier molecular flexibility index (Phi) is 4.59. The molecule has 1 heterocycles. The number of aryl methyl sites for hydroxylation is 1. The van der Waals surface area contributed by atoms with Gasteiger partial charge in [-0.2, -0.15) is 0 Å². The minimum absolute atomic E-state index is 0.104. The summed E-state index contributed by atoms with van der Waals surface area (Å²) in [6.45, 7) is 8.33. The SMILES string of the molecule is CCOC(=O)CC(c1ccc(C)o1)C(C)C. The third kappa shape index (κ3) is 3.40. The Morgan fingerprint density at radius 1 is 1.44 bits per heavy atom. The van der Waals surface area contributed by atoms with Crippen molar-refractivity contribution in [1.82, 2.24) is 0 Å². The molecule has 0 spiro atoms. The molecule has 0 N–H and O–H groups in total. The number of furan rings is 1. The monoisotopic (exact) mass is 224 g/mol. The first-order valence-electron chi connectivity index (χ1n) is 5.76. The van der Waals surface area contributed by atoms with Crippen LogP contribution in [0.1, 0.15) is 44.6 Å². The van der Waals surface area contributed by atoms with Crippen LogP contribution in [0.25, 0.3) is 0 Å². The third-order valence-corrected chi connectivity index (χ3v) is 2.62. The van der Waals surface area contributed by atoms with Crippen LogP contribution in [0.5, 0.6) is 0 Å². The van der Waals surface area contributed by atoms with E-state index in [1.54, 1.807) is 0 Å². The Morgan fingerprint density at radius 2 is 2.12 bits per heavy atom. The lowest BCUT2D eigenvalue weighted by Crippen LogP contribution is -2.14. The van der Waals surface area contributed by atoms with Gasteiger partial charge in [-0.05, 0) is 31.9 Å². The van der Waals surface area contributed by atoms with Crippen LogP contribution in [-0.2, 0) is 9.53 Å². The Labute approximate surface area is 96.8 Å². The molecular weight excluding hydrogens is 204 g/mol. The number of carbonyl (C=O) groups is 1. The van der Waals surface area contributed by atoms with Gasteiger partial charge in [-0.1, -0.05) is 13.8 Å². The number of esters is 1. The van der Waals surface area contributed by atoms with Crippen molar-refractivity contribution in [3.63, 3.8) is 0 Å². The molecule has 0 aliphatic heterocycles. The number of carbonyl (C=O) groups excluding carboxylic acids is 1. The molecule has 1 aromatic rings. The van der Waals surface area contributed by atoms with Gasteiger partial charge < -0.3 is 9.15 Å². The maximum absolute atomic E-state index is 11.5. The standard InChI is InChI=1S/C13H20O3/c1-5-15-13(14)8-11(9(2)3)12-7-6-10(4)16-12/h6-7,9,11H,5,8H2,1-4H3. The smallest absolute Gasteiger partial charge is 0.306 e. The molecule has 3 heteroatoms. The van der Waals surface area contributed by atoms with Gasteiger partial charge in [0, 0.05) is 5.92 Å². The van der Waals surface area contributed by atoms with Gasteiger partial charge in [0.2, 0.25) is 0 Å². The largest absolute Gasteiger partial charge is 0.466 e. The fourth-order valence-corrected chi connectivity index (χ4v) is 1.72. The summed E-state index contributed by atoms with van der Waals surface area (Å²) in [4.78, 5) is 11.5. The second-order valence-corrected chi connectivity index (χ2v) is 4.31. The molecule has 1 atom stereocenters. The van der Waals surface area contributed by atoms with Crippen molar-refractivity contribution in [2.24, 2.45) is 5.92 Å². The van der Waals surface area contributed by atoms with Crippen molar-refractivity contribution in [1.29, 1.82) is 0 Å². The zero-order valence-corrected chi connectivity index (χ0v) is 10.4. The van der Waals surface area contributed by atoms with E-state index in [1.165, 1.54) is 0 Å². The molecule has 0 fully saturated rings. The van der Waals surface area contributed by atoms with Gasteiger partial charge in [-0.25, -0.2) is 0 Å². The maximum Gasteiger partial charge on any atom is 0.306 e. The Bertz CT molecular complexity index is 339. The minimum Gasteiger partial charge on any atom is -0.466 e. The highest BCUT2D eigenvalue weighted by molar-refractivity contribution is 5.70. The molecule has 1 rings (SSSR count). The molecule has 0 radical (unpaired) electrons. The molecule has 0 saturated heterocycles. The molecule has 1 aromatic heterocycles. The number of hydrogen-bond donors (Lipinski definition) is 0. The normalized spacial score (nSPS) is 12.8. The molecule has 0 saturated carbocycles. The predicted octanol–water partition coefficient (Wildman–Crippen LogP) is 3.28. The van der Waals surface area contributed by atoms with Crippen LogP contribution in [0.15, 0.2) is 16.5 Å². The number of rotatable bonds is 5. The van der Waals surface area contributed by atoms with E-state index in [9.17, 15) is 4.79 Å². The molecule has 1 unspecified atom stereocenters. The third-order valence-electron chi connectivity index (χ3n) is 2.62. The van der Waals surface area contributed by atoms with Crippen molar-refractivity contribution in [2.75, 3.05) is 6.61 Å². The lowest BCUT2D eigenvalue weighted by atomic mass is 9.90. The molecule has 0 aliphatic rings. The summed E-state index contributed by atoms with van der Waals surface area (Å²) in [5.41, 5.74) is 0. The van der Waals surface area contributed by atoms with E-state index in [4.69, 9.17) is 9.15 Å². The van der Waals surface area contributed by atoms with Gasteiger partial charge in [-0.3, -0.25) is 4.79 Å². The fraction of sp³-hybridized carbons (Fsp3) is 0.615. The quantitative estimate of drug-likeness (QED) is 0.720. The van der Waals surface area contributed by atoms with Crippen LogP contribution in [0, 0.1) is 12.8 Å². The molecule has 0 aromatic carbocycles. The Hall–Kier alpha value is -1.25. The van der Waals surface area contributed by atoms with Crippen LogP contribution in [0.2, 0.25) is 0 Å². The van der Waals surface area contributed by atoms with Crippen molar-refractivity contribution in [2.45, 2.75) is 40.0 Å². The summed E-state index contributed by atoms with van der Waals surface area (Å²) < 4.78 is 10.5. The summed E-state index contributed by atoms with van der Waals surface area (Å²) in [7, 11) is 0. The topological polar surface area (TPSA) is 39.4 Å². The van der Waals surface area contributed by atoms with E-state index in [0.29, 0.717) is 18.9 Å². The van der Waals surface area contributed by atoms with E-state index in [-0.39, 0.29) is 11.9 Å². The van der Waals surface area contributed by atoms with Gasteiger partial charge in [0.25, 0.3) is 0 Å².